The van der Waals surface area contributed by atoms with Gasteiger partial charge in [-0.1, -0.05) is 37.3 Å². The lowest BCUT2D eigenvalue weighted by Gasteiger charge is -2.37. The molecule has 0 aromatic rings. The van der Waals surface area contributed by atoms with E-state index in [4.69, 9.17) is 9.57 Å². The molecule has 1 spiro atoms. The number of carbonyl (C=O) groups excluding carboxylic acids is 2. The normalized spacial score (nSPS) is 31.4. The molecule has 2 aliphatic heterocycles. The molecule has 1 saturated heterocycles. The molecule has 6 heteroatoms. The van der Waals surface area contributed by atoms with E-state index in [0.717, 1.165) is 25.2 Å². The fourth-order valence-corrected chi connectivity index (χ4v) is 4.97. The first kappa shape index (κ1) is 16.9. The van der Waals surface area contributed by atoms with Crippen LogP contribution in [0.1, 0.15) is 57.8 Å². The second-order valence-corrected chi connectivity index (χ2v) is 8.21. The lowest BCUT2D eigenvalue weighted by atomic mass is 9.84. The summed E-state index contributed by atoms with van der Waals surface area (Å²) in [6.45, 7) is 1.41. The highest BCUT2D eigenvalue weighted by atomic mass is 16.7. The molecule has 0 radical (unpaired) electrons. The topological polar surface area (TPSA) is 68.2 Å². The zero-order valence-corrected chi connectivity index (χ0v) is 15.0. The zero-order chi connectivity index (χ0) is 17.4. The van der Waals surface area contributed by atoms with Crippen LogP contribution in [0.5, 0.6) is 0 Å². The average molecular weight is 348 g/mol. The molecular formula is C19H28N2O4. The van der Waals surface area contributed by atoms with Gasteiger partial charge < -0.3 is 14.5 Å². The Hall–Kier alpha value is -1.59. The number of hydrogen-bond donors (Lipinski definition) is 0. The summed E-state index contributed by atoms with van der Waals surface area (Å²) in [4.78, 5) is 32.0. The molecule has 0 bridgehead atoms. The van der Waals surface area contributed by atoms with Crippen molar-refractivity contribution >= 4 is 17.6 Å². The Kier molecular flexibility index (Phi) is 4.46. The summed E-state index contributed by atoms with van der Waals surface area (Å²) in [6.07, 6.45) is 9.76. The number of oxime groups is 1. The molecule has 4 aliphatic rings. The minimum absolute atomic E-state index is 0.267. The second-order valence-electron chi connectivity index (χ2n) is 8.21. The van der Waals surface area contributed by atoms with Crippen LogP contribution < -0.4 is 0 Å². The largest absolute Gasteiger partial charge is 0.464 e. The number of hydrogen-bond acceptors (Lipinski definition) is 5. The van der Waals surface area contributed by atoms with Crippen LogP contribution in [-0.4, -0.2) is 48.3 Å². The van der Waals surface area contributed by atoms with Crippen LogP contribution in [0, 0.1) is 17.8 Å². The Balaban J connectivity index is 1.27. The first-order chi connectivity index (χ1) is 12.1. The standard InChI is InChI=1S/C19H28N2O4/c1-24-18(23)16-12-19(25-20-16)7-9-21(10-8-19)17(22)15-11-14(15)13-5-3-2-4-6-13/h13-15H,2-12H2,1H3. The third-order valence-corrected chi connectivity index (χ3v) is 6.66. The van der Waals surface area contributed by atoms with Gasteiger partial charge in [0.25, 0.3) is 0 Å². The first-order valence-electron chi connectivity index (χ1n) is 9.74. The minimum Gasteiger partial charge on any atom is -0.464 e. The van der Waals surface area contributed by atoms with Crippen molar-refractivity contribution < 1.29 is 19.2 Å². The smallest absolute Gasteiger partial charge is 0.355 e. The summed E-state index contributed by atoms with van der Waals surface area (Å²) < 4.78 is 4.72. The summed E-state index contributed by atoms with van der Waals surface area (Å²) in [5.74, 6) is 1.62. The van der Waals surface area contributed by atoms with E-state index in [1.54, 1.807) is 0 Å². The van der Waals surface area contributed by atoms with Gasteiger partial charge in [0.2, 0.25) is 5.91 Å². The number of amides is 1. The maximum Gasteiger partial charge on any atom is 0.355 e. The van der Waals surface area contributed by atoms with Gasteiger partial charge >= 0.3 is 5.97 Å². The van der Waals surface area contributed by atoms with Crippen molar-refractivity contribution in [3.63, 3.8) is 0 Å². The number of esters is 1. The number of methoxy groups -OCH3 is 1. The molecule has 3 fully saturated rings. The van der Waals surface area contributed by atoms with E-state index < -0.39 is 11.6 Å². The van der Waals surface area contributed by atoms with E-state index in [1.807, 2.05) is 4.90 Å². The van der Waals surface area contributed by atoms with Gasteiger partial charge in [-0.05, 0) is 18.3 Å². The van der Waals surface area contributed by atoms with E-state index >= 15 is 0 Å². The van der Waals surface area contributed by atoms with Gasteiger partial charge in [-0.25, -0.2) is 4.79 Å². The molecule has 138 valence electrons. The third-order valence-electron chi connectivity index (χ3n) is 6.66. The molecule has 0 aromatic heterocycles. The van der Waals surface area contributed by atoms with Crippen molar-refractivity contribution in [1.29, 1.82) is 0 Å². The number of carbonyl (C=O) groups is 2. The summed E-state index contributed by atoms with van der Waals surface area (Å²) in [5.41, 5.74) is -0.0473. The molecule has 0 aromatic carbocycles. The number of ether oxygens (including phenoxy) is 1. The highest BCUT2D eigenvalue weighted by molar-refractivity contribution is 6.36. The van der Waals surface area contributed by atoms with Gasteiger partial charge in [0.05, 0.1) is 7.11 Å². The van der Waals surface area contributed by atoms with Crippen LogP contribution >= 0.6 is 0 Å². The SMILES string of the molecule is COC(=O)C1=NOC2(CCN(C(=O)C3CC3C3CCCCC3)CC2)C1. The molecule has 2 atom stereocenters. The van der Waals surface area contributed by atoms with Crippen molar-refractivity contribution in [3.05, 3.63) is 0 Å². The Labute approximate surface area is 148 Å². The first-order valence-corrected chi connectivity index (χ1v) is 9.74. The van der Waals surface area contributed by atoms with Gasteiger partial charge in [0, 0.05) is 38.3 Å². The molecule has 2 aliphatic carbocycles. The third kappa shape index (κ3) is 3.27. The van der Waals surface area contributed by atoms with Crippen LogP contribution in [-0.2, 0) is 19.2 Å². The van der Waals surface area contributed by atoms with Crippen LogP contribution in [0.4, 0.5) is 0 Å². The predicted molar refractivity (Wildman–Crippen MR) is 91.9 cm³/mol. The van der Waals surface area contributed by atoms with E-state index in [9.17, 15) is 9.59 Å². The maximum atomic E-state index is 12.8. The van der Waals surface area contributed by atoms with Gasteiger partial charge in [-0.15, -0.1) is 0 Å². The number of piperidine rings is 1. The highest BCUT2D eigenvalue weighted by Gasteiger charge is 2.51. The molecule has 0 N–H and O–H groups in total. The van der Waals surface area contributed by atoms with E-state index in [2.05, 4.69) is 5.16 Å². The summed E-state index contributed by atoms with van der Waals surface area (Å²) in [7, 11) is 1.36. The van der Waals surface area contributed by atoms with Crippen molar-refractivity contribution in [2.45, 2.75) is 63.4 Å². The summed E-state index contributed by atoms with van der Waals surface area (Å²) >= 11 is 0. The monoisotopic (exact) mass is 348 g/mol. The Morgan fingerprint density at radius 3 is 2.60 bits per heavy atom. The fraction of sp³-hybridized carbons (Fsp3) is 0.842. The molecule has 25 heavy (non-hydrogen) atoms. The van der Waals surface area contributed by atoms with Gasteiger partial charge in [-0.2, -0.15) is 0 Å². The number of likely N-dealkylation sites (tertiary alicyclic amines) is 1. The molecule has 2 unspecified atom stereocenters. The summed E-state index contributed by atoms with van der Waals surface area (Å²) in [5, 5.41) is 3.91. The minimum atomic E-state index is -0.413. The Morgan fingerprint density at radius 2 is 1.92 bits per heavy atom. The Morgan fingerprint density at radius 1 is 1.20 bits per heavy atom. The Bertz CT molecular complexity index is 574. The highest BCUT2D eigenvalue weighted by Crippen LogP contribution is 2.50. The van der Waals surface area contributed by atoms with Crippen molar-refractivity contribution in [2.24, 2.45) is 22.9 Å². The molecule has 2 heterocycles. The molecule has 2 saturated carbocycles. The average Bonchev–Trinajstić information content (AvgIpc) is 3.37. The van der Waals surface area contributed by atoms with Crippen LogP contribution in [0.15, 0.2) is 5.16 Å². The van der Waals surface area contributed by atoms with Crippen LogP contribution in [0.3, 0.4) is 0 Å². The quantitative estimate of drug-likeness (QED) is 0.735. The lowest BCUT2D eigenvalue weighted by molar-refractivity contribution is -0.139. The van der Waals surface area contributed by atoms with Gasteiger partial charge in [0.1, 0.15) is 5.60 Å². The summed E-state index contributed by atoms with van der Waals surface area (Å²) in [6, 6.07) is 0. The number of rotatable bonds is 3. The molecule has 6 nitrogen and oxygen atoms in total. The van der Waals surface area contributed by atoms with Crippen LogP contribution in [0.2, 0.25) is 0 Å². The second kappa shape index (κ2) is 6.61. The van der Waals surface area contributed by atoms with E-state index in [-0.39, 0.29) is 5.92 Å². The zero-order valence-electron chi connectivity index (χ0n) is 15.0. The van der Waals surface area contributed by atoms with E-state index in [0.29, 0.717) is 37.0 Å². The van der Waals surface area contributed by atoms with Crippen molar-refractivity contribution in [2.75, 3.05) is 20.2 Å². The van der Waals surface area contributed by atoms with E-state index in [1.165, 1.54) is 39.2 Å². The van der Waals surface area contributed by atoms with Gasteiger partial charge in [-0.3, -0.25) is 4.79 Å². The lowest BCUT2D eigenvalue weighted by Crippen LogP contribution is -2.47. The van der Waals surface area contributed by atoms with Crippen LogP contribution in [0.25, 0.3) is 0 Å². The maximum absolute atomic E-state index is 12.8. The molecule has 1 amide bonds. The fourth-order valence-electron chi connectivity index (χ4n) is 4.97. The number of nitrogens with zero attached hydrogens (tertiary/aromatic N) is 2. The van der Waals surface area contributed by atoms with Crippen molar-refractivity contribution in [1.82, 2.24) is 4.90 Å². The van der Waals surface area contributed by atoms with Crippen molar-refractivity contribution in [3.8, 4) is 0 Å². The van der Waals surface area contributed by atoms with Gasteiger partial charge in [0.15, 0.2) is 5.71 Å². The molecular weight excluding hydrogens is 320 g/mol. The molecule has 4 rings (SSSR count). The predicted octanol–water partition coefficient (Wildman–Crippen LogP) is 2.51.